The molecule has 1 unspecified atom stereocenters. The van der Waals surface area contributed by atoms with Crippen LogP contribution in [0.15, 0.2) is 46.7 Å². The van der Waals surface area contributed by atoms with Crippen molar-refractivity contribution in [2.24, 2.45) is 16.8 Å². The molecule has 1 atom stereocenters. The average molecular weight is 522 g/mol. The van der Waals surface area contributed by atoms with E-state index in [0.29, 0.717) is 43.0 Å². The van der Waals surface area contributed by atoms with Crippen molar-refractivity contribution in [3.8, 4) is 0 Å². The van der Waals surface area contributed by atoms with E-state index in [1.807, 2.05) is 0 Å². The third-order valence-corrected chi connectivity index (χ3v) is 6.77. The first kappa shape index (κ1) is 25.7. The molecule has 1 aliphatic heterocycles. The van der Waals surface area contributed by atoms with Gasteiger partial charge in [-0.15, -0.1) is 0 Å². The van der Waals surface area contributed by atoms with Crippen molar-refractivity contribution in [3.63, 3.8) is 0 Å². The van der Waals surface area contributed by atoms with Crippen molar-refractivity contribution in [2.75, 3.05) is 14.2 Å². The van der Waals surface area contributed by atoms with E-state index >= 15 is 0 Å². The smallest absolute Gasteiger partial charge is 0.338 e. The molecule has 7 nitrogen and oxygen atoms in total. The summed E-state index contributed by atoms with van der Waals surface area (Å²) in [6, 6.07) is 3.23. The third-order valence-electron chi connectivity index (χ3n) is 6.44. The highest BCUT2D eigenvalue weighted by molar-refractivity contribution is 6.31. The number of aliphatic imine (C=N–C) groups is 1. The number of nitrogens with one attached hydrogen (secondary N) is 1. The molecule has 1 fully saturated rings. The van der Waals surface area contributed by atoms with Crippen LogP contribution in [0.25, 0.3) is 0 Å². The second-order valence-electron chi connectivity index (χ2n) is 8.55. The van der Waals surface area contributed by atoms with E-state index in [1.165, 1.54) is 26.4 Å². The number of pyridine rings is 1. The van der Waals surface area contributed by atoms with Gasteiger partial charge in [-0.25, -0.2) is 22.9 Å². The van der Waals surface area contributed by atoms with Gasteiger partial charge in [0.25, 0.3) is 0 Å². The van der Waals surface area contributed by atoms with Crippen molar-refractivity contribution in [3.05, 3.63) is 75.5 Å². The molecule has 2 aliphatic rings. The average Bonchev–Trinajstić information content (AvgIpc) is 2.87. The maximum Gasteiger partial charge on any atom is 0.338 e. The highest BCUT2D eigenvalue weighted by atomic mass is 35.5. The Hall–Kier alpha value is -3.40. The quantitative estimate of drug-likeness (QED) is 0.576. The van der Waals surface area contributed by atoms with Crippen LogP contribution in [0.5, 0.6) is 0 Å². The summed E-state index contributed by atoms with van der Waals surface area (Å²) in [5.41, 5.74) is 0.565. The molecule has 0 spiro atoms. The zero-order chi connectivity index (χ0) is 26.0. The van der Waals surface area contributed by atoms with Crippen LogP contribution in [0.1, 0.15) is 43.0 Å². The minimum atomic E-state index is -1.08. The van der Waals surface area contributed by atoms with Gasteiger partial charge in [0.05, 0.1) is 31.9 Å². The summed E-state index contributed by atoms with van der Waals surface area (Å²) in [6.45, 7) is 0. The monoisotopic (exact) mass is 521 g/mol. The number of allylic oxidation sites excluding steroid dienone is 1. The number of methoxy groups -OCH3 is 2. The van der Waals surface area contributed by atoms with E-state index in [-0.39, 0.29) is 39.9 Å². The van der Waals surface area contributed by atoms with Crippen LogP contribution in [0.2, 0.25) is 5.02 Å². The van der Waals surface area contributed by atoms with Gasteiger partial charge < -0.3 is 14.8 Å². The molecule has 190 valence electrons. The topological polar surface area (TPSA) is 89.9 Å². The van der Waals surface area contributed by atoms with E-state index in [0.717, 1.165) is 12.3 Å². The summed E-state index contributed by atoms with van der Waals surface area (Å²) < 4.78 is 51.9. The SMILES string of the molecule is COC(=O)C1=C([C@H]2CC[C@H](C(=O)OC)CC2)NC(c2ncc(F)cc2F)=NC1c1ccc(F)cc1Cl. The lowest BCUT2D eigenvalue weighted by molar-refractivity contribution is -0.146. The summed E-state index contributed by atoms with van der Waals surface area (Å²) >= 11 is 6.33. The fraction of sp³-hybridized carbons (Fsp3) is 0.360. The van der Waals surface area contributed by atoms with E-state index in [2.05, 4.69) is 15.3 Å². The Kier molecular flexibility index (Phi) is 7.63. The molecule has 0 saturated heterocycles. The first-order chi connectivity index (χ1) is 17.2. The molecular formula is C25H23ClF3N3O4. The van der Waals surface area contributed by atoms with Crippen molar-refractivity contribution in [1.29, 1.82) is 0 Å². The van der Waals surface area contributed by atoms with Crippen LogP contribution < -0.4 is 5.32 Å². The third kappa shape index (κ3) is 5.09. The summed E-state index contributed by atoms with van der Waals surface area (Å²) in [5, 5.41) is 3.03. The lowest BCUT2D eigenvalue weighted by Gasteiger charge is -2.34. The van der Waals surface area contributed by atoms with Crippen molar-refractivity contribution >= 4 is 29.4 Å². The van der Waals surface area contributed by atoms with Crippen molar-refractivity contribution in [2.45, 2.75) is 31.7 Å². The van der Waals surface area contributed by atoms with Crippen molar-refractivity contribution < 1.29 is 32.2 Å². The number of nitrogens with zero attached hydrogens (tertiary/aromatic N) is 2. The Labute approximate surface area is 210 Å². The first-order valence-electron chi connectivity index (χ1n) is 11.2. The molecule has 2 aromatic rings. The highest BCUT2D eigenvalue weighted by Gasteiger charge is 2.38. The molecule has 2 heterocycles. The maximum absolute atomic E-state index is 14.7. The fourth-order valence-electron chi connectivity index (χ4n) is 4.66. The number of hydrogen-bond acceptors (Lipinski definition) is 7. The summed E-state index contributed by atoms with van der Waals surface area (Å²) in [5.74, 6) is -3.98. The maximum atomic E-state index is 14.7. The molecule has 1 aromatic carbocycles. The number of benzene rings is 1. The Balaban J connectivity index is 1.84. The van der Waals surface area contributed by atoms with Gasteiger partial charge in [-0.2, -0.15) is 0 Å². The molecule has 1 N–H and O–H groups in total. The Morgan fingerprint density at radius 1 is 1.03 bits per heavy atom. The van der Waals surface area contributed by atoms with Crippen LogP contribution >= 0.6 is 11.6 Å². The van der Waals surface area contributed by atoms with Gasteiger partial charge in [0.2, 0.25) is 0 Å². The predicted octanol–water partition coefficient (Wildman–Crippen LogP) is 4.65. The number of ether oxygens (including phenoxy) is 2. The number of amidine groups is 1. The van der Waals surface area contributed by atoms with Gasteiger partial charge in [-0.05, 0) is 43.7 Å². The Morgan fingerprint density at radius 3 is 2.36 bits per heavy atom. The number of halogens is 4. The van der Waals surface area contributed by atoms with Crippen LogP contribution in [0.3, 0.4) is 0 Å². The Bertz CT molecular complexity index is 1260. The molecule has 1 aromatic heterocycles. The summed E-state index contributed by atoms with van der Waals surface area (Å²) in [4.78, 5) is 33.4. The molecule has 11 heteroatoms. The number of rotatable bonds is 5. The number of carbonyl (C=O) groups excluding carboxylic acids is 2. The van der Waals surface area contributed by atoms with E-state index in [9.17, 15) is 22.8 Å². The lowest BCUT2D eigenvalue weighted by Crippen LogP contribution is -2.39. The Morgan fingerprint density at radius 2 is 1.75 bits per heavy atom. The van der Waals surface area contributed by atoms with Gasteiger partial charge in [-0.3, -0.25) is 9.79 Å². The normalized spacial score (nSPS) is 21.9. The van der Waals surface area contributed by atoms with Gasteiger partial charge >= 0.3 is 11.9 Å². The van der Waals surface area contributed by atoms with Crippen LogP contribution in [-0.4, -0.2) is 37.0 Å². The molecule has 0 radical (unpaired) electrons. The highest BCUT2D eigenvalue weighted by Crippen LogP contribution is 2.42. The fourth-order valence-corrected chi connectivity index (χ4v) is 4.93. The second kappa shape index (κ2) is 10.7. The number of esters is 2. The molecule has 1 saturated carbocycles. The van der Waals surface area contributed by atoms with Gasteiger partial charge in [0.15, 0.2) is 11.7 Å². The molecule has 4 rings (SSSR count). The minimum absolute atomic E-state index is 0.00712. The van der Waals surface area contributed by atoms with E-state index in [1.54, 1.807) is 0 Å². The molecule has 1 aliphatic carbocycles. The zero-order valence-corrected chi connectivity index (χ0v) is 20.2. The molecule has 0 amide bonds. The van der Waals surface area contributed by atoms with Gasteiger partial charge in [0.1, 0.15) is 23.4 Å². The number of aromatic nitrogens is 1. The predicted molar refractivity (Wildman–Crippen MR) is 124 cm³/mol. The van der Waals surface area contributed by atoms with Crippen molar-refractivity contribution in [1.82, 2.24) is 10.3 Å². The van der Waals surface area contributed by atoms with Crippen LogP contribution in [0.4, 0.5) is 13.2 Å². The number of hydrogen-bond donors (Lipinski definition) is 1. The summed E-state index contributed by atoms with van der Waals surface area (Å²) in [6.07, 6.45) is 2.89. The zero-order valence-electron chi connectivity index (χ0n) is 19.5. The van der Waals surface area contributed by atoms with E-state index in [4.69, 9.17) is 21.1 Å². The van der Waals surface area contributed by atoms with Crippen LogP contribution in [0, 0.1) is 29.3 Å². The molecule has 0 bridgehead atoms. The van der Waals surface area contributed by atoms with Gasteiger partial charge in [0, 0.05) is 22.3 Å². The minimum Gasteiger partial charge on any atom is -0.469 e. The lowest BCUT2D eigenvalue weighted by atomic mass is 9.78. The largest absolute Gasteiger partial charge is 0.469 e. The molecular weight excluding hydrogens is 499 g/mol. The van der Waals surface area contributed by atoms with Gasteiger partial charge in [-0.1, -0.05) is 17.7 Å². The van der Waals surface area contributed by atoms with E-state index < -0.39 is 29.5 Å². The molecule has 36 heavy (non-hydrogen) atoms. The standard InChI is InChI=1S/C25H23ClF3N3O4/c1-35-24(33)13-5-3-12(4-6-13)20-19(25(34)36-2)21(16-8-7-14(27)9-17(16)26)32-23(31-20)22-18(29)10-15(28)11-30-22/h7-13,21H,3-6H2,1-2H3,(H,31,32)/t12-,13-,21?. The number of carbonyl (C=O) groups is 2. The summed E-state index contributed by atoms with van der Waals surface area (Å²) in [7, 11) is 2.55. The second-order valence-corrected chi connectivity index (χ2v) is 8.95. The van der Waals surface area contributed by atoms with Crippen LogP contribution in [-0.2, 0) is 19.1 Å². The first-order valence-corrected chi connectivity index (χ1v) is 11.6.